The van der Waals surface area contributed by atoms with Gasteiger partial charge in [0.05, 0.1) is 6.10 Å². The second kappa shape index (κ2) is 7.65. The highest BCUT2D eigenvalue weighted by atomic mass is 16.5. The van der Waals surface area contributed by atoms with E-state index in [0.29, 0.717) is 0 Å². The summed E-state index contributed by atoms with van der Waals surface area (Å²) in [6.45, 7) is 6.31. The van der Waals surface area contributed by atoms with Crippen molar-refractivity contribution in [2.75, 3.05) is 13.1 Å². The Morgan fingerprint density at radius 3 is 2.40 bits per heavy atom. The number of nitrogens with zero attached hydrogens (tertiary/aromatic N) is 1. The topological polar surface area (TPSA) is 32.7 Å². The predicted octanol–water partition coefficient (Wildman–Crippen LogP) is 3.73. The Kier molecular flexibility index (Phi) is 5.86. The molecule has 1 heterocycles. The van der Waals surface area contributed by atoms with Gasteiger partial charge < -0.3 is 9.84 Å². The van der Waals surface area contributed by atoms with Crippen molar-refractivity contribution < 1.29 is 9.84 Å². The lowest BCUT2D eigenvalue weighted by Gasteiger charge is -2.28. The van der Waals surface area contributed by atoms with Crippen LogP contribution < -0.4 is 4.74 Å². The minimum absolute atomic E-state index is 0.204. The molecule has 3 nitrogen and oxygen atoms in total. The Morgan fingerprint density at radius 1 is 1.20 bits per heavy atom. The third-order valence-corrected chi connectivity index (χ3v) is 3.99. The highest BCUT2D eigenvalue weighted by Crippen LogP contribution is 2.23. The standard InChI is InChI=1S/C17H27NO2/c1-3-4-7-17(18-12-5-6-13-18)20-16-10-8-15(9-11-16)14(2)19/h8-11,14,17,19H,3-7,12-13H2,1-2H3. The fraction of sp³-hybridized carbons (Fsp3) is 0.647. The summed E-state index contributed by atoms with van der Waals surface area (Å²) in [4.78, 5) is 2.46. The van der Waals surface area contributed by atoms with Crippen LogP contribution in [-0.2, 0) is 0 Å². The number of ether oxygens (including phenoxy) is 1. The van der Waals surface area contributed by atoms with E-state index in [1.807, 2.05) is 24.3 Å². The predicted molar refractivity (Wildman–Crippen MR) is 81.8 cm³/mol. The first-order valence-corrected chi connectivity index (χ1v) is 7.89. The second-order valence-corrected chi connectivity index (χ2v) is 5.70. The van der Waals surface area contributed by atoms with Crippen LogP contribution in [0, 0.1) is 0 Å². The molecule has 2 rings (SSSR count). The summed E-state index contributed by atoms with van der Waals surface area (Å²) in [5.41, 5.74) is 0.934. The molecule has 1 N–H and O–H groups in total. The molecular weight excluding hydrogens is 250 g/mol. The summed E-state index contributed by atoms with van der Waals surface area (Å²) < 4.78 is 6.18. The van der Waals surface area contributed by atoms with E-state index < -0.39 is 6.10 Å². The van der Waals surface area contributed by atoms with Gasteiger partial charge in [-0.05, 0) is 50.3 Å². The molecule has 0 saturated carbocycles. The highest BCUT2D eigenvalue weighted by Gasteiger charge is 2.22. The fourth-order valence-corrected chi connectivity index (χ4v) is 2.71. The van der Waals surface area contributed by atoms with Gasteiger partial charge >= 0.3 is 0 Å². The molecule has 1 fully saturated rings. The van der Waals surface area contributed by atoms with Crippen LogP contribution in [0.2, 0.25) is 0 Å². The van der Waals surface area contributed by atoms with Gasteiger partial charge in [-0.1, -0.05) is 25.5 Å². The van der Waals surface area contributed by atoms with Gasteiger partial charge in [0.1, 0.15) is 5.75 Å². The largest absolute Gasteiger partial charge is 0.475 e. The average Bonchev–Trinajstić information content (AvgIpc) is 2.98. The van der Waals surface area contributed by atoms with E-state index in [4.69, 9.17) is 4.74 Å². The summed E-state index contributed by atoms with van der Waals surface area (Å²) in [5.74, 6) is 0.905. The molecule has 0 aliphatic carbocycles. The number of rotatable bonds is 7. The smallest absolute Gasteiger partial charge is 0.152 e. The molecule has 112 valence electrons. The fourth-order valence-electron chi connectivity index (χ4n) is 2.71. The van der Waals surface area contributed by atoms with Gasteiger partial charge in [0.15, 0.2) is 6.23 Å². The summed E-state index contributed by atoms with van der Waals surface area (Å²) in [6, 6.07) is 7.83. The van der Waals surface area contributed by atoms with Crippen LogP contribution in [0.3, 0.4) is 0 Å². The number of aliphatic hydroxyl groups is 1. The van der Waals surface area contributed by atoms with Crippen LogP contribution in [0.4, 0.5) is 0 Å². The molecular formula is C17H27NO2. The third-order valence-electron chi connectivity index (χ3n) is 3.99. The van der Waals surface area contributed by atoms with Crippen molar-refractivity contribution in [3.63, 3.8) is 0 Å². The zero-order chi connectivity index (χ0) is 14.4. The van der Waals surface area contributed by atoms with Crippen LogP contribution in [-0.4, -0.2) is 29.3 Å². The van der Waals surface area contributed by atoms with Crippen molar-refractivity contribution in [3.05, 3.63) is 29.8 Å². The van der Waals surface area contributed by atoms with Crippen LogP contribution in [0.25, 0.3) is 0 Å². The van der Waals surface area contributed by atoms with Crippen molar-refractivity contribution in [1.29, 1.82) is 0 Å². The average molecular weight is 277 g/mol. The minimum Gasteiger partial charge on any atom is -0.475 e. The number of benzene rings is 1. The maximum absolute atomic E-state index is 9.54. The molecule has 1 aliphatic rings. The molecule has 1 aromatic rings. The van der Waals surface area contributed by atoms with Crippen molar-refractivity contribution in [1.82, 2.24) is 4.90 Å². The van der Waals surface area contributed by atoms with Gasteiger partial charge in [-0.25, -0.2) is 0 Å². The minimum atomic E-state index is -0.418. The van der Waals surface area contributed by atoms with E-state index in [1.165, 1.54) is 25.7 Å². The van der Waals surface area contributed by atoms with Gasteiger partial charge in [0.25, 0.3) is 0 Å². The summed E-state index contributed by atoms with van der Waals surface area (Å²) in [7, 11) is 0. The van der Waals surface area contributed by atoms with Crippen LogP contribution in [0.5, 0.6) is 5.75 Å². The van der Waals surface area contributed by atoms with Gasteiger partial charge in [0, 0.05) is 13.1 Å². The van der Waals surface area contributed by atoms with Crippen LogP contribution in [0.1, 0.15) is 57.6 Å². The number of hydrogen-bond donors (Lipinski definition) is 1. The van der Waals surface area contributed by atoms with Crippen LogP contribution in [0.15, 0.2) is 24.3 Å². The lowest BCUT2D eigenvalue weighted by atomic mass is 10.1. The first-order valence-electron chi connectivity index (χ1n) is 7.89. The Hall–Kier alpha value is -1.06. The third kappa shape index (κ3) is 4.22. The van der Waals surface area contributed by atoms with Gasteiger partial charge in [-0.2, -0.15) is 0 Å². The number of likely N-dealkylation sites (tertiary alicyclic amines) is 1. The quantitative estimate of drug-likeness (QED) is 0.824. The lowest BCUT2D eigenvalue weighted by molar-refractivity contribution is 0.0345. The van der Waals surface area contributed by atoms with Crippen molar-refractivity contribution in [2.24, 2.45) is 0 Å². The summed E-state index contributed by atoms with van der Waals surface area (Å²) >= 11 is 0. The number of unbranched alkanes of at least 4 members (excludes halogenated alkanes) is 1. The van der Waals surface area contributed by atoms with E-state index in [0.717, 1.165) is 30.8 Å². The molecule has 3 heteroatoms. The van der Waals surface area contributed by atoms with Crippen LogP contribution >= 0.6 is 0 Å². The lowest BCUT2D eigenvalue weighted by Crippen LogP contribution is -2.37. The Bertz CT molecular complexity index is 382. The molecule has 1 aromatic carbocycles. The monoisotopic (exact) mass is 277 g/mol. The van der Waals surface area contributed by atoms with Gasteiger partial charge in [-0.15, -0.1) is 0 Å². The van der Waals surface area contributed by atoms with Gasteiger partial charge in [0.2, 0.25) is 0 Å². The van der Waals surface area contributed by atoms with E-state index >= 15 is 0 Å². The zero-order valence-electron chi connectivity index (χ0n) is 12.7. The first kappa shape index (κ1) is 15.3. The molecule has 0 radical (unpaired) electrons. The molecule has 2 atom stereocenters. The highest BCUT2D eigenvalue weighted by molar-refractivity contribution is 5.28. The zero-order valence-corrected chi connectivity index (χ0v) is 12.7. The number of hydrogen-bond acceptors (Lipinski definition) is 3. The Morgan fingerprint density at radius 2 is 1.85 bits per heavy atom. The Balaban J connectivity index is 1.98. The molecule has 0 bridgehead atoms. The van der Waals surface area contributed by atoms with E-state index in [1.54, 1.807) is 6.92 Å². The maximum Gasteiger partial charge on any atom is 0.152 e. The van der Waals surface area contributed by atoms with Crippen molar-refractivity contribution >= 4 is 0 Å². The van der Waals surface area contributed by atoms with Crippen molar-refractivity contribution in [2.45, 2.75) is 58.3 Å². The molecule has 1 aliphatic heterocycles. The van der Waals surface area contributed by atoms with E-state index in [2.05, 4.69) is 11.8 Å². The molecule has 1 saturated heterocycles. The second-order valence-electron chi connectivity index (χ2n) is 5.70. The molecule has 0 spiro atoms. The SMILES string of the molecule is CCCCC(Oc1ccc(C(C)O)cc1)N1CCCC1. The summed E-state index contributed by atoms with van der Waals surface area (Å²) in [6.07, 6.45) is 5.85. The molecule has 0 amide bonds. The summed E-state index contributed by atoms with van der Waals surface area (Å²) in [5, 5.41) is 9.54. The molecule has 2 unspecified atom stereocenters. The van der Waals surface area contributed by atoms with Gasteiger partial charge in [-0.3, -0.25) is 4.90 Å². The van der Waals surface area contributed by atoms with Crippen molar-refractivity contribution in [3.8, 4) is 5.75 Å². The number of aliphatic hydroxyl groups excluding tert-OH is 1. The van der Waals surface area contributed by atoms with E-state index in [9.17, 15) is 5.11 Å². The van der Waals surface area contributed by atoms with E-state index in [-0.39, 0.29) is 6.23 Å². The maximum atomic E-state index is 9.54. The first-order chi connectivity index (χ1) is 9.70. The molecule has 0 aromatic heterocycles. The Labute approximate surface area is 122 Å². The normalized spacial score (nSPS) is 18.9. The molecule has 20 heavy (non-hydrogen) atoms.